The Bertz CT molecular complexity index is 741. The monoisotopic (exact) mass is 385 g/mol. The molecule has 0 spiro atoms. The zero-order valence-corrected chi connectivity index (χ0v) is 15.0. The summed E-state index contributed by atoms with van der Waals surface area (Å²) in [5.41, 5.74) is -0.697. The number of aliphatic carboxylic acids is 1. The number of nitrogens with zero attached hydrogens (tertiary/aromatic N) is 1. The van der Waals surface area contributed by atoms with Crippen molar-refractivity contribution in [1.82, 2.24) is 4.98 Å². The number of carboxylic acid groups (broad SMARTS) is 1. The molecule has 1 N–H and O–H groups in total. The van der Waals surface area contributed by atoms with Crippen LogP contribution in [0.15, 0.2) is 12.3 Å². The molecular weight excluding hydrogens is 363 g/mol. The standard InChI is InChI=1S/C19H22F3NO4/c1-18(17(25)26,7-11-2-3-11)8-15(24)14-6-16(27-10-19(20,21)22)13(9-23-14)12-4-5-12/h6,9,11-12H,2-5,7-8,10H2,1H3,(H,25,26). The summed E-state index contributed by atoms with van der Waals surface area (Å²) in [5.74, 6) is -1.13. The van der Waals surface area contributed by atoms with Crippen molar-refractivity contribution in [3.63, 3.8) is 0 Å². The van der Waals surface area contributed by atoms with Gasteiger partial charge in [0, 0.05) is 24.2 Å². The van der Waals surface area contributed by atoms with Gasteiger partial charge in [0.05, 0.1) is 5.41 Å². The van der Waals surface area contributed by atoms with Crippen LogP contribution in [0.4, 0.5) is 13.2 Å². The third-order valence-corrected chi connectivity index (χ3v) is 5.09. The van der Waals surface area contributed by atoms with Gasteiger partial charge in [-0.05, 0) is 38.0 Å². The summed E-state index contributed by atoms with van der Waals surface area (Å²) in [6, 6.07) is 1.22. The summed E-state index contributed by atoms with van der Waals surface area (Å²) in [6.45, 7) is 0.0874. The van der Waals surface area contributed by atoms with Crippen LogP contribution in [0.1, 0.15) is 67.4 Å². The first-order valence-electron chi connectivity index (χ1n) is 9.03. The maximum Gasteiger partial charge on any atom is 0.422 e. The van der Waals surface area contributed by atoms with E-state index in [1.54, 1.807) is 0 Å². The molecule has 2 aliphatic rings. The average molecular weight is 385 g/mol. The van der Waals surface area contributed by atoms with Crippen molar-refractivity contribution in [3.8, 4) is 5.75 Å². The lowest BCUT2D eigenvalue weighted by atomic mass is 9.79. The molecule has 27 heavy (non-hydrogen) atoms. The number of Topliss-reactive ketones (excluding diaryl/α,β-unsaturated/α-hetero) is 1. The second-order valence-electron chi connectivity index (χ2n) is 7.90. The Morgan fingerprint density at radius 2 is 1.93 bits per heavy atom. The number of pyridine rings is 1. The Morgan fingerprint density at radius 3 is 2.44 bits per heavy atom. The van der Waals surface area contributed by atoms with Crippen LogP contribution in [0, 0.1) is 11.3 Å². The molecule has 0 radical (unpaired) electrons. The van der Waals surface area contributed by atoms with E-state index in [-0.39, 0.29) is 23.8 Å². The molecule has 148 valence electrons. The molecule has 2 aliphatic carbocycles. The van der Waals surface area contributed by atoms with Crippen molar-refractivity contribution in [2.45, 2.75) is 57.5 Å². The van der Waals surface area contributed by atoms with Crippen LogP contribution in [-0.2, 0) is 4.79 Å². The number of carbonyl (C=O) groups excluding carboxylic acids is 1. The number of ether oxygens (including phenoxy) is 1. The van der Waals surface area contributed by atoms with Crippen LogP contribution < -0.4 is 4.74 Å². The number of carbonyl (C=O) groups is 2. The van der Waals surface area contributed by atoms with E-state index in [4.69, 9.17) is 4.74 Å². The molecule has 1 atom stereocenters. The van der Waals surface area contributed by atoms with E-state index in [1.165, 1.54) is 19.2 Å². The summed E-state index contributed by atoms with van der Waals surface area (Å²) in [4.78, 5) is 28.4. The van der Waals surface area contributed by atoms with Crippen LogP contribution >= 0.6 is 0 Å². The highest BCUT2D eigenvalue weighted by molar-refractivity contribution is 5.97. The summed E-state index contributed by atoms with van der Waals surface area (Å²) < 4.78 is 42.5. The predicted octanol–water partition coefficient (Wildman–Crippen LogP) is 4.36. The van der Waals surface area contributed by atoms with Crippen molar-refractivity contribution < 1.29 is 32.6 Å². The van der Waals surface area contributed by atoms with Gasteiger partial charge in [-0.1, -0.05) is 12.8 Å². The van der Waals surface area contributed by atoms with E-state index in [1.807, 2.05) is 0 Å². The second kappa shape index (κ2) is 7.13. The van der Waals surface area contributed by atoms with Gasteiger partial charge in [-0.3, -0.25) is 14.6 Å². The second-order valence-corrected chi connectivity index (χ2v) is 7.90. The Balaban J connectivity index is 1.78. The zero-order valence-electron chi connectivity index (χ0n) is 15.0. The van der Waals surface area contributed by atoms with Gasteiger partial charge >= 0.3 is 12.1 Å². The summed E-state index contributed by atoms with van der Waals surface area (Å²) in [6.07, 6.45) is 0.669. The molecule has 1 heterocycles. The smallest absolute Gasteiger partial charge is 0.422 e. The molecule has 0 aromatic carbocycles. The van der Waals surface area contributed by atoms with Crippen LogP contribution in [0.25, 0.3) is 0 Å². The number of hydrogen-bond acceptors (Lipinski definition) is 4. The molecule has 1 aromatic rings. The maximum absolute atomic E-state index is 12.6. The topological polar surface area (TPSA) is 76.5 Å². The SMILES string of the molecule is CC(CC(=O)c1cc(OCC(F)(F)F)c(C2CC2)cn1)(CC1CC1)C(=O)O. The van der Waals surface area contributed by atoms with Crippen molar-refractivity contribution >= 4 is 11.8 Å². The van der Waals surface area contributed by atoms with Crippen LogP contribution in [-0.4, -0.2) is 34.6 Å². The largest absolute Gasteiger partial charge is 0.484 e. The number of alkyl halides is 3. The van der Waals surface area contributed by atoms with Crippen molar-refractivity contribution in [1.29, 1.82) is 0 Å². The molecule has 2 fully saturated rings. The van der Waals surface area contributed by atoms with Gasteiger partial charge in [-0.15, -0.1) is 0 Å². The lowest BCUT2D eigenvalue weighted by Crippen LogP contribution is -2.31. The van der Waals surface area contributed by atoms with Gasteiger partial charge in [0.15, 0.2) is 12.4 Å². The fourth-order valence-electron chi connectivity index (χ4n) is 3.22. The van der Waals surface area contributed by atoms with E-state index >= 15 is 0 Å². The molecule has 3 rings (SSSR count). The van der Waals surface area contributed by atoms with Crippen molar-refractivity contribution in [2.24, 2.45) is 11.3 Å². The lowest BCUT2D eigenvalue weighted by molar-refractivity contribution is -0.153. The minimum atomic E-state index is -4.49. The number of ketones is 1. The lowest BCUT2D eigenvalue weighted by Gasteiger charge is -2.24. The van der Waals surface area contributed by atoms with E-state index in [0.29, 0.717) is 17.9 Å². The highest BCUT2D eigenvalue weighted by atomic mass is 19.4. The van der Waals surface area contributed by atoms with Gasteiger partial charge in [0.1, 0.15) is 11.4 Å². The van der Waals surface area contributed by atoms with E-state index in [0.717, 1.165) is 25.7 Å². The molecule has 1 aromatic heterocycles. The van der Waals surface area contributed by atoms with E-state index < -0.39 is 30.0 Å². The van der Waals surface area contributed by atoms with E-state index in [9.17, 15) is 27.9 Å². The molecule has 0 saturated heterocycles. The number of aromatic nitrogens is 1. The van der Waals surface area contributed by atoms with Crippen molar-refractivity contribution in [2.75, 3.05) is 6.61 Å². The number of halogens is 3. The molecule has 2 saturated carbocycles. The summed E-state index contributed by atoms with van der Waals surface area (Å²) in [7, 11) is 0. The minimum Gasteiger partial charge on any atom is -0.484 e. The zero-order chi connectivity index (χ0) is 19.8. The molecular formula is C19H22F3NO4. The minimum absolute atomic E-state index is 0.00685. The van der Waals surface area contributed by atoms with Gasteiger partial charge in [0.25, 0.3) is 0 Å². The first kappa shape index (κ1) is 19.6. The molecule has 0 bridgehead atoms. The van der Waals surface area contributed by atoms with Crippen LogP contribution in [0.5, 0.6) is 5.75 Å². The number of rotatable bonds is 9. The van der Waals surface area contributed by atoms with Gasteiger partial charge in [-0.25, -0.2) is 0 Å². The highest BCUT2D eigenvalue weighted by Crippen LogP contribution is 2.45. The quantitative estimate of drug-likeness (QED) is 0.639. The Hall–Kier alpha value is -2.12. The normalized spacial score (nSPS) is 19.4. The van der Waals surface area contributed by atoms with Crippen LogP contribution in [0.3, 0.4) is 0 Å². The summed E-state index contributed by atoms with van der Waals surface area (Å²) in [5, 5.41) is 9.54. The third kappa shape index (κ3) is 5.20. The van der Waals surface area contributed by atoms with Gasteiger partial charge < -0.3 is 9.84 Å². The fourth-order valence-corrected chi connectivity index (χ4v) is 3.22. The molecule has 1 unspecified atom stereocenters. The first-order valence-corrected chi connectivity index (χ1v) is 9.03. The Morgan fingerprint density at radius 1 is 1.26 bits per heavy atom. The van der Waals surface area contributed by atoms with Gasteiger partial charge in [-0.2, -0.15) is 13.2 Å². The summed E-state index contributed by atoms with van der Waals surface area (Å²) >= 11 is 0. The van der Waals surface area contributed by atoms with Crippen LogP contribution in [0.2, 0.25) is 0 Å². The fraction of sp³-hybridized carbons (Fsp3) is 0.632. The Kier molecular flexibility index (Phi) is 5.18. The number of carboxylic acids is 1. The maximum atomic E-state index is 12.6. The molecule has 8 heteroatoms. The van der Waals surface area contributed by atoms with Crippen molar-refractivity contribution in [3.05, 3.63) is 23.5 Å². The molecule has 0 aliphatic heterocycles. The predicted molar refractivity (Wildman–Crippen MR) is 89.8 cm³/mol. The van der Waals surface area contributed by atoms with Gasteiger partial charge in [0.2, 0.25) is 0 Å². The number of hydrogen-bond donors (Lipinski definition) is 1. The average Bonchev–Trinajstić information content (AvgIpc) is 3.46. The molecule has 0 amide bonds. The third-order valence-electron chi connectivity index (χ3n) is 5.09. The first-order chi connectivity index (χ1) is 12.6. The van der Waals surface area contributed by atoms with E-state index in [2.05, 4.69) is 4.98 Å². The highest BCUT2D eigenvalue weighted by Gasteiger charge is 2.41. The Labute approximate surface area is 154 Å². The molecule has 5 nitrogen and oxygen atoms in total.